The van der Waals surface area contributed by atoms with Gasteiger partial charge >= 0.3 is 0 Å². The molecular weight excluding hydrogens is 442 g/mol. The summed E-state index contributed by atoms with van der Waals surface area (Å²) in [7, 11) is 3.00. The lowest BCUT2D eigenvalue weighted by Crippen LogP contribution is -2.41. The number of ether oxygens (including phenoxy) is 2. The molecule has 3 aromatic heterocycles. The topological polar surface area (TPSA) is 107 Å². The number of hydrogen-bond acceptors (Lipinski definition) is 7. The van der Waals surface area contributed by atoms with Crippen LogP contribution in [0.3, 0.4) is 0 Å². The molecule has 170 valence electrons. The van der Waals surface area contributed by atoms with Crippen LogP contribution in [0.4, 0.5) is 0 Å². The maximum atomic E-state index is 13.1. The van der Waals surface area contributed by atoms with Crippen molar-refractivity contribution in [1.29, 1.82) is 0 Å². The third-order valence-electron chi connectivity index (χ3n) is 5.01. The lowest BCUT2D eigenvalue weighted by atomic mass is 10.1. The number of thiophene rings is 1. The predicted molar refractivity (Wildman–Crippen MR) is 126 cm³/mol. The first-order valence-corrected chi connectivity index (χ1v) is 11.1. The molecule has 0 fully saturated rings. The van der Waals surface area contributed by atoms with E-state index in [-0.39, 0.29) is 6.04 Å². The highest BCUT2D eigenvalue weighted by Crippen LogP contribution is 2.29. The first kappa shape index (κ1) is 22.3. The molecule has 33 heavy (non-hydrogen) atoms. The smallest absolute Gasteiger partial charge is 0.270 e. The van der Waals surface area contributed by atoms with E-state index in [1.54, 1.807) is 29.1 Å². The van der Waals surface area contributed by atoms with Crippen molar-refractivity contribution >= 4 is 34.2 Å². The third kappa shape index (κ3) is 4.37. The molecule has 0 radical (unpaired) electrons. The summed E-state index contributed by atoms with van der Waals surface area (Å²) in [6.45, 7) is 3.99. The molecule has 0 saturated heterocycles. The molecule has 10 heteroatoms. The minimum Gasteiger partial charge on any atom is -0.493 e. The van der Waals surface area contributed by atoms with Gasteiger partial charge < -0.3 is 9.47 Å². The summed E-state index contributed by atoms with van der Waals surface area (Å²) in [6.07, 6.45) is 1.62. The zero-order valence-electron chi connectivity index (χ0n) is 18.6. The quantitative estimate of drug-likeness (QED) is 0.419. The zero-order valence-corrected chi connectivity index (χ0v) is 19.4. The molecular formula is C23H23N5O4S. The number of benzene rings is 1. The van der Waals surface area contributed by atoms with Crippen molar-refractivity contribution in [3.05, 3.63) is 59.1 Å². The van der Waals surface area contributed by atoms with Crippen molar-refractivity contribution in [2.45, 2.75) is 19.9 Å². The summed E-state index contributed by atoms with van der Waals surface area (Å²) < 4.78 is 12.2. The fraction of sp³-hybridized carbons (Fsp3) is 0.217. The van der Waals surface area contributed by atoms with Crippen molar-refractivity contribution in [3.63, 3.8) is 0 Å². The van der Waals surface area contributed by atoms with Crippen LogP contribution in [0.25, 0.3) is 21.6 Å². The Bertz CT molecular complexity index is 1310. The molecule has 0 unspecified atom stereocenters. The van der Waals surface area contributed by atoms with E-state index >= 15 is 0 Å². The normalized spacial score (nSPS) is 10.9. The van der Waals surface area contributed by atoms with Gasteiger partial charge in [0.15, 0.2) is 17.1 Å². The van der Waals surface area contributed by atoms with E-state index in [1.807, 2.05) is 31.4 Å². The summed E-state index contributed by atoms with van der Waals surface area (Å²) in [4.78, 5) is 31.4. The van der Waals surface area contributed by atoms with Crippen LogP contribution in [0.15, 0.2) is 48.0 Å². The second-order valence-electron chi connectivity index (χ2n) is 7.43. The lowest BCUT2D eigenvalue weighted by molar-refractivity contribution is 0.0847. The number of aromatic nitrogens is 3. The van der Waals surface area contributed by atoms with Gasteiger partial charge in [-0.1, -0.05) is 6.07 Å². The Hall–Kier alpha value is -3.92. The minimum absolute atomic E-state index is 0.0641. The lowest BCUT2D eigenvalue weighted by Gasteiger charge is -2.12. The van der Waals surface area contributed by atoms with Crippen molar-refractivity contribution in [3.8, 4) is 22.1 Å². The standard InChI is InChI=1S/C23H23N5O4S/c1-13(2)28-21-16(12-24-28)15(11-17(25-21)20-6-5-9-33-20)23(30)27-26-22(29)14-7-8-18(31-3)19(10-14)32-4/h5-13H,1-4H3,(H,26,29)(H,27,30). The van der Waals surface area contributed by atoms with Gasteiger partial charge in [0.2, 0.25) is 0 Å². The number of fused-ring (bicyclic) bond motifs is 1. The molecule has 0 aliphatic carbocycles. The number of carbonyl (C=O) groups is 2. The summed E-state index contributed by atoms with van der Waals surface area (Å²) >= 11 is 1.53. The Labute approximate surface area is 194 Å². The van der Waals surface area contributed by atoms with Crippen molar-refractivity contribution in [1.82, 2.24) is 25.6 Å². The Morgan fingerprint density at radius 3 is 2.45 bits per heavy atom. The highest BCUT2D eigenvalue weighted by atomic mass is 32.1. The molecule has 4 aromatic rings. The van der Waals surface area contributed by atoms with E-state index in [4.69, 9.17) is 14.5 Å². The van der Waals surface area contributed by atoms with Gasteiger partial charge in [0.05, 0.1) is 41.9 Å². The van der Waals surface area contributed by atoms with E-state index in [0.717, 1.165) is 4.88 Å². The first-order valence-electron chi connectivity index (χ1n) is 10.2. The zero-order chi connectivity index (χ0) is 23.5. The molecule has 2 N–H and O–H groups in total. The van der Waals surface area contributed by atoms with Crippen LogP contribution < -0.4 is 20.3 Å². The summed E-state index contributed by atoms with van der Waals surface area (Å²) in [6, 6.07) is 10.4. The van der Waals surface area contributed by atoms with E-state index in [0.29, 0.717) is 39.4 Å². The number of rotatable bonds is 6. The number of pyridine rings is 1. The summed E-state index contributed by atoms with van der Waals surface area (Å²) in [5, 5.41) is 6.95. The van der Waals surface area contributed by atoms with Gasteiger partial charge in [-0.25, -0.2) is 9.67 Å². The molecule has 9 nitrogen and oxygen atoms in total. The third-order valence-corrected chi connectivity index (χ3v) is 5.90. The maximum absolute atomic E-state index is 13.1. The molecule has 4 rings (SSSR count). The highest BCUT2D eigenvalue weighted by Gasteiger charge is 2.20. The number of hydrogen-bond donors (Lipinski definition) is 2. The molecule has 0 aliphatic heterocycles. The van der Waals surface area contributed by atoms with Gasteiger partial charge in [-0.15, -0.1) is 11.3 Å². The molecule has 0 spiro atoms. The second kappa shape index (κ2) is 9.29. The molecule has 2 amide bonds. The number of methoxy groups -OCH3 is 2. The Kier molecular flexibility index (Phi) is 6.27. The molecule has 0 bridgehead atoms. The van der Waals surface area contributed by atoms with Crippen LogP contribution >= 0.6 is 11.3 Å². The second-order valence-corrected chi connectivity index (χ2v) is 8.38. The molecule has 1 aromatic carbocycles. The van der Waals surface area contributed by atoms with Crippen molar-refractivity contribution < 1.29 is 19.1 Å². The van der Waals surface area contributed by atoms with E-state index in [1.165, 1.54) is 31.6 Å². The molecule has 0 atom stereocenters. The van der Waals surface area contributed by atoms with Gasteiger partial charge in [-0.3, -0.25) is 20.4 Å². The first-order chi connectivity index (χ1) is 15.9. The number of nitrogens with zero attached hydrogens (tertiary/aromatic N) is 3. The van der Waals surface area contributed by atoms with Crippen LogP contribution in [0.2, 0.25) is 0 Å². The van der Waals surface area contributed by atoms with Gasteiger partial charge in [0, 0.05) is 11.6 Å². The van der Waals surface area contributed by atoms with Crippen LogP contribution in [0, 0.1) is 0 Å². The van der Waals surface area contributed by atoms with Gasteiger partial charge in [-0.05, 0) is 49.6 Å². The van der Waals surface area contributed by atoms with E-state index < -0.39 is 11.8 Å². The summed E-state index contributed by atoms with van der Waals surface area (Å²) in [5.41, 5.74) is 6.89. The van der Waals surface area contributed by atoms with Crippen molar-refractivity contribution in [2.75, 3.05) is 14.2 Å². The van der Waals surface area contributed by atoms with Gasteiger partial charge in [0.25, 0.3) is 11.8 Å². The van der Waals surface area contributed by atoms with Crippen LogP contribution in [0.1, 0.15) is 40.6 Å². The number of hydrazine groups is 1. The largest absolute Gasteiger partial charge is 0.493 e. The van der Waals surface area contributed by atoms with Crippen molar-refractivity contribution in [2.24, 2.45) is 0 Å². The van der Waals surface area contributed by atoms with Gasteiger partial charge in [0.1, 0.15) is 0 Å². The average Bonchev–Trinajstić information content (AvgIpc) is 3.51. The number of amides is 2. The van der Waals surface area contributed by atoms with E-state index in [9.17, 15) is 9.59 Å². The molecule has 3 heterocycles. The Morgan fingerprint density at radius 2 is 1.79 bits per heavy atom. The molecule has 0 aliphatic rings. The van der Waals surface area contributed by atoms with Crippen LogP contribution in [-0.2, 0) is 0 Å². The van der Waals surface area contributed by atoms with E-state index in [2.05, 4.69) is 16.0 Å². The monoisotopic (exact) mass is 465 g/mol. The van der Waals surface area contributed by atoms with Gasteiger partial charge in [-0.2, -0.15) is 5.10 Å². The fourth-order valence-corrected chi connectivity index (χ4v) is 4.05. The SMILES string of the molecule is COc1ccc(C(=O)NNC(=O)c2cc(-c3cccs3)nc3c2cnn3C(C)C)cc1OC. The number of nitrogens with one attached hydrogen (secondary N) is 2. The number of carbonyl (C=O) groups excluding carboxylic acids is 2. The average molecular weight is 466 g/mol. The minimum atomic E-state index is -0.494. The Balaban J connectivity index is 1.62. The predicted octanol–water partition coefficient (Wildman–Crippen LogP) is 3.83. The molecule has 0 saturated carbocycles. The highest BCUT2D eigenvalue weighted by molar-refractivity contribution is 7.13. The maximum Gasteiger partial charge on any atom is 0.270 e. The van der Waals surface area contributed by atoms with Crippen LogP contribution in [-0.4, -0.2) is 40.8 Å². The Morgan fingerprint density at radius 1 is 1.03 bits per heavy atom. The fourth-order valence-electron chi connectivity index (χ4n) is 3.36. The van der Waals surface area contributed by atoms with Crippen LogP contribution in [0.5, 0.6) is 11.5 Å². The summed E-state index contributed by atoms with van der Waals surface area (Å²) in [5.74, 6) is -0.0576.